The number of fused-ring (bicyclic) bond motifs is 1. The number of hydrogen-bond donors (Lipinski definition) is 0. The van der Waals surface area contributed by atoms with Crippen LogP contribution in [0.15, 0.2) is 42.7 Å². The predicted octanol–water partition coefficient (Wildman–Crippen LogP) is 3.80. The lowest BCUT2D eigenvalue weighted by Gasteiger charge is -2.44. The van der Waals surface area contributed by atoms with E-state index in [1.54, 1.807) is 31.0 Å². The molecule has 2 aromatic carbocycles. The monoisotopic (exact) mass is 601 g/mol. The van der Waals surface area contributed by atoms with Crippen LogP contribution in [0, 0.1) is 0 Å². The first kappa shape index (κ1) is 29.5. The molecule has 2 fully saturated rings. The Balaban J connectivity index is 1.36. The molecule has 11 heteroatoms. The molecule has 232 valence electrons. The summed E-state index contributed by atoms with van der Waals surface area (Å²) in [5.74, 6) is 1.67. The maximum atomic E-state index is 14.4. The lowest BCUT2D eigenvalue weighted by atomic mass is 9.82. The van der Waals surface area contributed by atoms with Crippen molar-refractivity contribution < 1.29 is 28.6 Å². The molecule has 0 bridgehead atoms. The second-order valence-electron chi connectivity index (χ2n) is 11.7. The summed E-state index contributed by atoms with van der Waals surface area (Å²) in [4.78, 5) is 45.3. The van der Waals surface area contributed by atoms with Crippen molar-refractivity contribution in [1.29, 1.82) is 0 Å². The van der Waals surface area contributed by atoms with Crippen molar-refractivity contribution >= 4 is 23.3 Å². The van der Waals surface area contributed by atoms with E-state index in [-0.39, 0.29) is 17.6 Å². The molecule has 0 unspecified atom stereocenters. The van der Waals surface area contributed by atoms with Crippen molar-refractivity contribution in [3.63, 3.8) is 0 Å². The fraction of sp³-hybridized carbons (Fsp3) is 0.455. The van der Waals surface area contributed by atoms with Gasteiger partial charge in [0.2, 0.25) is 5.91 Å². The Morgan fingerprint density at radius 1 is 1.05 bits per heavy atom. The number of ether oxygens (including phenoxy) is 3. The maximum absolute atomic E-state index is 14.4. The SMILES string of the molecule is CCOc1cc(C(=O)N2CCC3(CC2)CC(=O)c2ccccc2O3)c(N2CCN(C(C)=O)CC2)c(OC)c1-c1cnn(C)c1. The van der Waals surface area contributed by atoms with E-state index in [9.17, 15) is 14.4 Å². The van der Waals surface area contributed by atoms with Crippen LogP contribution < -0.4 is 19.1 Å². The van der Waals surface area contributed by atoms with Gasteiger partial charge in [0.15, 0.2) is 11.5 Å². The molecule has 6 rings (SSSR count). The Hall–Kier alpha value is -4.54. The summed E-state index contributed by atoms with van der Waals surface area (Å²) in [6.45, 7) is 6.97. The number of carbonyl (C=O) groups is 3. The summed E-state index contributed by atoms with van der Waals surface area (Å²) in [5.41, 5.74) is 2.71. The lowest BCUT2D eigenvalue weighted by molar-refractivity contribution is -0.129. The number of aryl methyl sites for hydroxylation is 1. The van der Waals surface area contributed by atoms with Crippen molar-refractivity contribution in [3.05, 3.63) is 53.9 Å². The lowest BCUT2D eigenvalue weighted by Crippen LogP contribution is -2.52. The molecule has 0 aliphatic carbocycles. The zero-order valence-electron chi connectivity index (χ0n) is 25.8. The number of aromatic nitrogens is 2. The van der Waals surface area contributed by atoms with E-state index in [0.29, 0.717) is 99.2 Å². The van der Waals surface area contributed by atoms with Crippen LogP contribution in [-0.4, -0.2) is 95.8 Å². The van der Waals surface area contributed by atoms with E-state index in [4.69, 9.17) is 14.2 Å². The minimum absolute atomic E-state index is 0.0314. The number of nitrogens with zero attached hydrogens (tertiary/aromatic N) is 5. The predicted molar refractivity (Wildman–Crippen MR) is 165 cm³/mol. The van der Waals surface area contributed by atoms with Gasteiger partial charge >= 0.3 is 0 Å². The number of ketones is 1. The third-order valence-electron chi connectivity index (χ3n) is 8.95. The molecule has 11 nitrogen and oxygen atoms in total. The van der Waals surface area contributed by atoms with Crippen molar-refractivity contribution in [3.8, 4) is 28.4 Å². The van der Waals surface area contributed by atoms with Gasteiger partial charge in [-0.3, -0.25) is 19.1 Å². The molecular formula is C33H39N5O6. The van der Waals surface area contributed by atoms with Crippen LogP contribution in [-0.2, 0) is 11.8 Å². The molecule has 0 saturated carbocycles. The normalized spacial score (nSPS) is 17.7. The van der Waals surface area contributed by atoms with Gasteiger partial charge in [-0.05, 0) is 25.1 Å². The van der Waals surface area contributed by atoms with Crippen molar-refractivity contribution in [2.24, 2.45) is 7.05 Å². The molecule has 3 aromatic rings. The standard InChI is InChI=1S/C33H39N5O6/c1-5-43-28-18-25(32(41)38-12-10-33(11-13-38)19-26(40)24-8-6-7-9-27(24)44-33)30(37-16-14-36(15-17-37)22(2)39)31(42-4)29(28)23-20-34-35(3)21-23/h6-9,18,20-21H,5,10-17,19H2,1-4H3. The summed E-state index contributed by atoms with van der Waals surface area (Å²) in [5, 5.41) is 4.37. The number of Topliss-reactive ketones (excluding diaryl/α,β-unsaturated/α-hetero) is 1. The van der Waals surface area contributed by atoms with Gasteiger partial charge in [-0.1, -0.05) is 12.1 Å². The number of likely N-dealkylation sites (tertiary alicyclic amines) is 1. The van der Waals surface area contributed by atoms with E-state index in [1.807, 2.05) is 54.2 Å². The van der Waals surface area contributed by atoms with Gasteiger partial charge in [0.1, 0.15) is 17.1 Å². The van der Waals surface area contributed by atoms with Crippen molar-refractivity contribution in [1.82, 2.24) is 19.6 Å². The summed E-state index contributed by atoms with van der Waals surface area (Å²) < 4.78 is 20.4. The number of methoxy groups -OCH3 is 1. The fourth-order valence-electron chi connectivity index (χ4n) is 6.65. The number of piperazine rings is 1. The van der Waals surface area contributed by atoms with E-state index in [2.05, 4.69) is 10.00 Å². The van der Waals surface area contributed by atoms with Gasteiger partial charge in [-0.2, -0.15) is 5.10 Å². The average molecular weight is 602 g/mol. The minimum Gasteiger partial charge on any atom is -0.494 e. The molecule has 3 aliphatic rings. The van der Waals surface area contributed by atoms with Gasteiger partial charge in [-0.15, -0.1) is 0 Å². The summed E-state index contributed by atoms with van der Waals surface area (Å²) in [7, 11) is 3.45. The second-order valence-corrected chi connectivity index (χ2v) is 11.7. The van der Waals surface area contributed by atoms with Crippen LogP contribution in [0.3, 0.4) is 0 Å². The Kier molecular flexibility index (Phi) is 7.96. The van der Waals surface area contributed by atoms with Gasteiger partial charge < -0.3 is 28.9 Å². The van der Waals surface area contributed by atoms with Crippen LogP contribution in [0.4, 0.5) is 5.69 Å². The summed E-state index contributed by atoms with van der Waals surface area (Å²) in [6.07, 6.45) is 5.06. The molecule has 0 N–H and O–H groups in total. The van der Waals surface area contributed by atoms with E-state index < -0.39 is 5.60 Å². The quantitative estimate of drug-likeness (QED) is 0.420. The van der Waals surface area contributed by atoms with Gasteiger partial charge in [-0.25, -0.2) is 0 Å². The topological polar surface area (TPSA) is 106 Å². The first-order chi connectivity index (χ1) is 21.2. The van der Waals surface area contributed by atoms with E-state index in [1.165, 1.54) is 0 Å². The Labute approximate surface area is 257 Å². The van der Waals surface area contributed by atoms with Crippen LogP contribution in [0.5, 0.6) is 17.2 Å². The van der Waals surface area contributed by atoms with E-state index in [0.717, 1.165) is 11.1 Å². The number of anilines is 1. The van der Waals surface area contributed by atoms with Crippen molar-refractivity contribution in [2.75, 3.05) is 57.9 Å². The minimum atomic E-state index is -0.619. The third-order valence-corrected chi connectivity index (χ3v) is 8.95. The smallest absolute Gasteiger partial charge is 0.256 e. The molecule has 1 aromatic heterocycles. The highest BCUT2D eigenvalue weighted by molar-refractivity contribution is 6.05. The van der Waals surface area contributed by atoms with Gasteiger partial charge in [0, 0.05) is 77.8 Å². The molecule has 44 heavy (non-hydrogen) atoms. The molecular weight excluding hydrogens is 562 g/mol. The largest absolute Gasteiger partial charge is 0.494 e. The van der Waals surface area contributed by atoms with Crippen LogP contribution in [0.1, 0.15) is 53.8 Å². The highest BCUT2D eigenvalue weighted by atomic mass is 16.5. The molecule has 4 heterocycles. The molecule has 1 spiro atoms. The van der Waals surface area contributed by atoms with Gasteiger partial charge in [0.05, 0.1) is 48.7 Å². The van der Waals surface area contributed by atoms with Crippen molar-refractivity contribution in [2.45, 2.75) is 38.7 Å². The molecule has 2 saturated heterocycles. The third kappa shape index (κ3) is 5.35. The first-order valence-corrected chi connectivity index (χ1v) is 15.2. The molecule has 2 amide bonds. The number of hydrogen-bond acceptors (Lipinski definition) is 8. The zero-order chi connectivity index (χ0) is 31.0. The number of carbonyl (C=O) groups excluding carboxylic acids is 3. The van der Waals surface area contributed by atoms with Crippen LogP contribution >= 0.6 is 0 Å². The van der Waals surface area contributed by atoms with Crippen LogP contribution in [0.2, 0.25) is 0 Å². The molecule has 0 atom stereocenters. The fourth-order valence-corrected chi connectivity index (χ4v) is 6.65. The second kappa shape index (κ2) is 11.9. The van der Waals surface area contributed by atoms with Crippen LogP contribution in [0.25, 0.3) is 11.1 Å². The highest BCUT2D eigenvalue weighted by Crippen LogP contribution is 2.48. The maximum Gasteiger partial charge on any atom is 0.256 e. The Bertz CT molecular complexity index is 1580. The number of benzene rings is 2. The van der Waals surface area contributed by atoms with E-state index >= 15 is 0 Å². The molecule has 3 aliphatic heterocycles. The zero-order valence-corrected chi connectivity index (χ0v) is 25.8. The highest BCUT2D eigenvalue weighted by Gasteiger charge is 2.44. The average Bonchev–Trinajstić information content (AvgIpc) is 3.46. The Morgan fingerprint density at radius 2 is 1.77 bits per heavy atom. The van der Waals surface area contributed by atoms with Gasteiger partial charge in [0.25, 0.3) is 5.91 Å². The summed E-state index contributed by atoms with van der Waals surface area (Å²) in [6, 6.07) is 9.20. The summed E-state index contributed by atoms with van der Waals surface area (Å²) >= 11 is 0. The number of para-hydroxylation sites is 1. The number of amides is 2. The first-order valence-electron chi connectivity index (χ1n) is 15.2. The Morgan fingerprint density at radius 3 is 2.41 bits per heavy atom. The number of rotatable bonds is 6. The number of piperidine rings is 1. The molecule has 0 radical (unpaired) electrons.